The highest BCUT2D eigenvalue weighted by Gasteiger charge is 1.97. The van der Waals surface area contributed by atoms with E-state index in [1.807, 2.05) is 38.2 Å². The van der Waals surface area contributed by atoms with Crippen molar-refractivity contribution in [2.75, 3.05) is 14.1 Å². The maximum absolute atomic E-state index is 8.85. The van der Waals surface area contributed by atoms with Crippen molar-refractivity contribution in [2.24, 2.45) is 0 Å². The van der Waals surface area contributed by atoms with Gasteiger partial charge >= 0.3 is 0 Å². The van der Waals surface area contributed by atoms with Crippen molar-refractivity contribution in [3.8, 4) is 6.07 Å². The van der Waals surface area contributed by atoms with E-state index < -0.39 is 0 Å². The number of hydrogen-bond acceptors (Lipinski definition) is 2. The zero-order valence-corrected chi connectivity index (χ0v) is 9.46. The van der Waals surface area contributed by atoms with E-state index in [1.165, 1.54) is 0 Å². The lowest BCUT2D eigenvalue weighted by atomic mass is 10.1. The molecule has 2 heteroatoms. The van der Waals surface area contributed by atoms with E-state index in [2.05, 4.69) is 18.7 Å². The fraction of sp³-hybridized carbons (Fsp3) is 0.500. The van der Waals surface area contributed by atoms with Crippen LogP contribution in [0.2, 0.25) is 0 Å². The molecule has 76 valence electrons. The highest BCUT2D eigenvalue weighted by molar-refractivity contribution is 5.25. The van der Waals surface area contributed by atoms with Crippen molar-refractivity contribution in [3.63, 3.8) is 0 Å². The van der Waals surface area contributed by atoms with Gasteiger partial charge < -0.3 is 4.90 Å². The Morgan fingerprint density at radius 1 is 1.43 bits per heavy atom. The third-order valence-electron chi connectivity index (χ3n) is 1.57. The van der Waals surface area contributed by atoms with E-state index in [9.17, 15) is 0 Å². The summed E-state index contributed by atoms with van der Waals surface area (Å²) < 4.78 is 0. The lowest BCUT2D eigenvalue weighted by Gasteiger charge is -2.05. The molecule has 0 aromatic carbocycles. The van der Waals surface area contributed by atoms with Gasteiger partial charge in [-0.1, -0.05) is 6.92 Å². The summed E-state index contributed by atoms with van der Waals surface area (Å²) in [5, 5.41) is 8.85. The first-order chi connectivity index (χ1) is 6.60. The molecule has 0 fully saturated rings. The van der Waals surface area contributed by atoms with Gasteiger partial charge in [0.2, 0.25) is 0 Å². The minimum absolute atomic E-state index is 0.686. The average Bonchev–Trinajstić information content (AvgIpc) is 2.12. The number of rotatable bonds is 4. The van der Waals surface area contributed by atoms with E-state index in [4.69, 9.17) is 5.26 Å². The van der Waals surface area contributed by atoms with Crippen LogP contribution in [-0.4, -0.2) is 19.0 Å². The first kappa shape index (κ1) is 12.6. The van der Waals surface area contributed by atoms with E-state index in [1.54, 1.807) is 0 Å². The molecular formula is C12H18N2. The third-order valence-corrected chi connectivity index (χ3v) is 1.57. The summed E-state index contributed by atoms with van der Waals surface area (Å²) in [5.74, 6) is 0. The Bertz CT molecular complexity index is 297. The normalized spacial score (nSPS) is 10.1. The van der Waals surface area contributed by atoms with Gasteiger partial charge in [-0.05, 0) is 25.0 Å². The van der Waals surface area contributed by atoms with E-state index >= 15 is 0 Å². The number of nitriles is 1. The van der Waals surface area contributed by atoms with Crippen molar-refractivity contribution in [2.45, 2.75) is 26.7 Å². The van der Waals surface area contributed by atoms with Crippen LogP contribution in [0.5, 0.6) is 0 Å². The highest BCUT2D eigenvalue weighted by atomic mass is 15.0. The van der Waals surface area contributed by atoms with Gasteiger partial charge in [-0.3, -0.25) is 0 Å². The topological polar surface area (TPSA) is 27.0 Å². The van der Waals surface area contributed by atoms with Crippen LogP contribution in [-0.2, 0) is 0 Å². The molecule has 0 N–H and O–H groups in total. The first-order valence-electron chi connectivity index (χ1n) is 4.78. The molecule has 14 heavy (non-hydrogen) atoms. The molecule has 2 nitrogen and oxygen atoms in total. The fourth-order valence-corrected chi connectivity index (χ4v) is 1.04. The quantitative estimate of drug-likeness (QED) is 0.503. The van der Waals surface area contributed by atoms with E-state index in [-0.39, 0.29) is 0 Å². The lowest BCUT2D eigenvalue weighted by Crippen LogP contribution is -2.02. The Hall–Kier alpha value is -1.45. The Labute approximate surface area is 86.8 Å². The van der Waals surface area contributed by atoms with Gasteiger partial charge in [0.05, 0.1) is 6.07 Å². The molecule has 0 heterocycles. The summed E-state index contributed by atoms with van der Waals surface area (Å²) in [5.41, 5.74) is 5.02. The van der Waals surface area contributed by atoms with Crippen LogP contribution >= 0.6 is 0 Å². The zero-order chi connectivity index (χ0) is 11.0. The monoisotopic (exact) mass is 190 g/mol. The Morgan fingerprint density at radius 2 is 2.07 bits per heavy atom. The number of allylic oxidation sites excluding steroid dienone is 2. The predicted octanol–water partition coefficient (Wildman–Crippen LogP) is 2.86. The summed E-state index contributed by atoms with van der Waals surface area (Å²) in [4.78, 5) is 1.88. The van der Waals surface area contributed by atoms with Gasteiger partial charge in [0.1, 0.15) is 0 Å². The van der Waals surface area contributed by atoms with Gasteiger partial charge in [0.15, 0.2) is 0 Å². The van der Waals surface area contributed by atoms with Crippen LogP contribution in [0.3, 0.4) is 0 Å². The van der Waals surface area contributed by atoms with Gasteiger partial charge in [-0.25, -0.2) is 0 Å². The maximum atomic E-state index is 8.85. The largest absolute Gasteiger partial charge is 0.383 e. The molecule has 0 aliphatic heterocycles. The van der Waals surface area contributed by atoms with Crippen LogP contribution in [0.1, 0.15) is 26.7 Å². The smallest absolute Gasteiger partial charge is 0.0966 e. The molecule has 0 aliphatic carbocycles. The van der Waals surface area contributed by atoms with Gasteiger partial charge in [-0.15, -0.1) is 5.73 Å². The van der Waals surface area contributed by atoms with Gasteiger partial charge in [-0.2, -0.15) is 5.26 Å². The molecule has 0 radical (unpaired) electrons. The average molecular weight is 190 g/mol. The SMILES string of the molecule is CCC=C=C(C)C/C(C#N)=C\N(C)C. The standard InChI is InChI=1S/C12H18N2/c1-5-6-7-11(2)8-12(9-13)10-14(3)4/h6,10H,5,8H2,1-4H3/b12-10+. The molecule has 0 aromatic heterocycles. The summed E-state index contributed by atoms with van der Waals surface area (Å²) in [6, 6.07) is 2.19. The number of nitrogens with zero attached hydrogens (tertiary/aromatic N) is 2. The molecule has 0 unspecified atom stereocenters. The summed E-state index contributed by atoms with van der Waals surface area (Å²) >= 11 is 0. The molecule has 0 spiro atoms. The first-order valence-corrected chi connectivity index (χ1v) is 4.78. The second-order valence-corrected chi connectivity index (χ2v) is 3.44. The Morgan fingerprint density at radius 3 is 2.50 bits per heavy atom. The molecule has 0 aromatic rings. The van der Waals surface area contributed by atoms with Crippen molar-refractivity contribution < 1.29 is 0 Å². The minimum atomic E-state index is 0.686. The van der Waals surface area contributed by atoms with Crippen molar-refractivity contribution in [1.82, 2.24) is 4.90 Å². The van der Waals surface area contributed by atoms with Crippen LogP contribution in [0, 0.1) is 11.3 Å². The van der Waals surface area contributed by atoms with E-state index in [0.29, 0.717) is 6.42 Å². The summed E-state index contributed by atoms with van der Waals surface area (Å²) in [6.45, 7) is 4.06. The van der Waals surface area contributed by atoms with Crippen LogP contribution in [0.4, 0.5) is 0 Å². The molecule has 0 saturated carbocycles. The summed E-state index contributed by atoms with van der Waals surface area (Å²) in [7, 11) is 3.83. The van der Waals surface area contributed by atoms with Crippen molar-refractivity contribution in [1.29, 1.82) is 5.26 Å². The molecule has 0 rings (SSSR count). The molecule has 0 amide bonds. The van der Waals surface area contributed by atoms with E-state index in [0.717, 1.165) is 17.6 Å². The third kappa shape index (κ3) is 6.11. The van der Waals surface area contributed by atoms with Crippen LogP contribution < -0.4 is 0 Å². The second kappa shape index (κ2) is 7.00. The molecule has 0 bridgehead atoms. The fourth-order valence-electron chi connectivity index (χ4n) is 1.04. The molecule has 0 aliphatic rings. The number of hydrogen-bond donors (Lipinski definition) is 0. The Kier molecular flexibility index (Phi) is 6.28. The molecule has 0 atom stereocenters. The molecular weight excluding hydrogens is 172 g/mol. The zero-order valence-electron chi connectivity index (χ0n) is 9.46. The maximum Gasteiger partial charge on any atom is 0.0966 e. The van der Waals surface area contributed by atoms with Gasteiger partial charge in [0.25, 0.3) is 0 Å². The Balaban J connectivity index is 4.50. The lowest BCUT2D eigenvalue weighted by molar-refractivity contribution is 0.558. The summed E-state index contributed by atoms with van der Waals surface area (Å²) in [6.07, 6.45) is 5.50. The minimum Gasteiger partial charge on any atom is -0.383 e. The highest BCUT2D eigenvalue weighted by Crippen LogP contribution is 2.08. The molecule has 0 saturated heterocycles. The van der Waals surface area contributed by atoms with Crippen molar-refractivity contribution in [3.05, 3.63) is 29.2 Å². The van der Waals surface area contributed by atoms with Crippen molar-refractivity contribution >= 4 is 0 Å². The van der Waals surface area contributed by atoms with Gasteiger partial charge in [0, 0.05) is 32.3 Å². The van der Waals surface area contributed by atoms with Crippen LogP contribution in [0.15, 0.2) is 29.2 Å². The van der Waals surface area contributed by atoms with Crippen LogP contribution in [0.25, 0.3) is 0 Å². The predicted molar refractivity (Wildman–Crippen MR) is 59.6 cm³/mol. The second-order valence-electron chi connectivity index (χ2n) is 3.44.